The fourth-order valence-electron chi connectivity index (χ4n) is 2.58. The van der Waals surface area contributed by atoms with Gasteiger partial charge in [-0.2, -0.15) is 0 Å². The number of aliphatic carboxylic acids is 1. The van der Waals surface area contributed by atoms with Crippen LogP contribution >= 0.6 is 0 Å². The van der Waals surface area contributed by atoms with Gasteiger partial charge in [0.1, 0.15) is 6.04 Å². The summed E-state index contributed by atoms with van der Waals surface area (Å²) in [6, 6.07) is 6.29. The number of hydrogen-bond donors (Lipinski definition) is 2. The van der Waals surface area contributed by atoms with Crippen molar-refractivity contribution in [3.8, 4) is 0 Å². The Balaban J connectivity index is 2.24. The Hall–Kier alpha value is -2.37. The fraction of sp³-hybridized carbons (Fsp3) is 0.400. The Morgan fingerprint density at radius 3 is 2.67 bits per heavy atom. The van der Waals surface area contributed by atoms with Crippen LogP contribution in [0.15, 0.2) is 24.3 Å². The summed E-state index contributed by atoms with van der Waals surface area (Å²) in [5, 5.41) is 9.34. The number of carboxylic acid groups (broad SMARTS) is 1. The molecule has 6 nitrogen and oxygen atoms in total. The number of carbonyl (C=O) groups excluding carboxylic acids is 2. The molecule has 112 valence electrons. The van der Waals surface area contributed by atoms with Gasteiger partial charge in [0.2, 0.25) is 11.8 Å². The van der Waals surface area contributed by atoms with E-state index in [-0.39, 0.29) is 12.3 Å². The van der Waals surface area contributed by atoms with E-state index in [9.17, 15) is 19.5 Å². The first-order valence-corrected chi connectivity index (χ1v) is 6.84. The smallest absolute Gasteiger partial charge is 0.327 e. The lowest BCUT2D eigenvalue weighted by molar-refractivity contribution is -0.140. The van der Waals surface area contributed by atoms with Crippen molar-refractivity contribution in [3.05, 3.63) is 29.8 Å². The summed E-state index contributed by atoms with van der Waals surface area (Å²) in [4.78, 5) is 36.1. The van der Waals surface area contributed by atoms with Gasteiger partial charge in [0, 0.05) is 24.4 Å². The summed E-state index contributed by atoms with van der Waals surface area (Å²) in [7, 11) is 0. The van der Waals surface area contributed by atoms with Crippen LogP contribution in [0.2, 0.25) is 0 Å². The zero-order valence-corrected chi connectivity index (χ0v) is 11.8. The number of primary amides is 1. The molecule has 21 heavy (non-hydrogen) atoms. The standard InChI is InChI=1S/C15H18N2O4/c1-9(6-7-13(16)18)14(19)17-11-5-3-2-4-10(11)8-12(17)15(20)21/h2-5,9,12H,6-8H2,1H3,(H2,16,18)(H,20,21). The van der Waals surface area contributed by atoms with Crippen molar-refractivity contribution < 1.29 is 19.5 Å². The Bertz CT molecular complexity index is 585. The minimum absolute atomic E-state index is 0.111. The molecule has 0 aliphatic carbocycles. The molecule has 2 unspecified atom stereocenters. The van der Waals surface area contributed by atoms with E-state index in [4.69, 9.17) is 5.73 Å². The van der Waals surface area contributed by atoms with Crippen LogP contribution < -0.4 is 10.6 Å². The summed E-state index contributed by atoms with van der Waals surface area (Å²) in [6.07, 6.45) is 0.735. The predicted octanol–water partition coefficient (Wildman–Crippen LogP) is 0.930. The number of nitrogens with zero attached hydrogens (tertiary/aromatic N) is 1. The molecule has 0 spiro atoms. The molecule has 1 aromatic carbocycles. The molecule has 3 N–H and O–H groups in total. The molecule has 0 aromatic heterocycles. The first kappa shape index (κ1) is 15.0. The monoisotopic (exact) mass is 290 g/mol. The van der Waals surface area contributed by atoms with Crippen LogP contribution in [0.25, 0.3) is 0 Å². The number of benzene rings is 1. The van der Waals surface area contributed by atoms with Crippen molar-refractivity contribution in [1.82, 2.24) is 0 Å². The van der Waals surface area contributed by atoms with Crippen LogP contribution in [0.1, 0.15) is 25.3 Å². The van der Waals surface area contributed by atoms with Gasteiger partial charge < -0.3 is 10.8 Å². The van der Waals surface area contributed by atoms with Gasteiger partial charge >= 0.3 is 5.97 Å². The van der Waals surface area contributed by atoms with Gasteiger partial charge in [-0.3, -0.25) is 14.5 Å². The van der Waals surface area contributed by atoms with E-state index >= 15 is 0 Å². The van der Waals surface area contributed by atoms with E-state index in [0.717, 1.165) is 5.56 Å². The van der Waals surface area contributed by atoms with Gasteiger partial charge in [-0.1, -0.05) is 25.1 Å². The topological polar surface area (TPSA) is 101 Å². The minimum atomic E-state index is -1.03. The highest BCUT2D eigenvalue weighted by Gasteiger charge is 2.39. The Morgan fingerprint density at radius 1 is 1.38 bits per heavy atom. The molecule has 1 aliphatic heterocycles. The molecular formula is C15H18N2O4. The van der Waals surface area contributed by atoms with Gasteiger partial charge in [-0.25, -0.2) is 4.79 Å². The summed E-state index contributed by atoms with van der Waals surface area (Å²) in [5.74, 6) is -2.23. The maximum absolute atomic E-state index is 12.5. The largest absolute Gasteiger partial charge is 0.480 e. The van der Waals surface area contributed by atoms with Gasteiger partial charge in [0.05, 0.1) is 0 Å². The normalized spacial score (nSPS) is 18.1. The van der Waals surface area contributed by atoms with Gasteiger partial charge in [0.15, 0.2) is 0 Å². The molecule has 2 rings (SSSR count). The van der Waals surface area contributed by atoms with Crippen molar-refractivity contribution >= 4 is 23.5 Å². The number of nitrogens with two attached hydrogens (primary N) is 1. The van der Waals surface area contributed by atoms with E-state index in [1.165, 1.54) is 4.90 Å². The molecule has 1 aromatic rings. The molecule has 0 bridgehead atoms. The SMILES string of the molecule is CC(CCC(N)=O)C(=O)N1c2ccccc2CC1C(=O)O. The fourth-order valence-corrected chi connectivity index (χ4v) is 2.58. The Labute approximate surface area is 122 Å². The average molecular weight is 290 g/mol. The highest BCUT2D eigenvalue weighted by Crippen LogP contribution is 2.33. The quantitative estimate of drug-likeness (QED) is 0.842. The van der Waals surface area contributed by atoms with E-state index in [2.05, 4.69) is 0 Å². The van der Waals surface area contributed by atoms with Gasteiger partial charge in [0.25, 0.3) is 0 Å². The predicted molar refractivity (Wildman–Crippen MR) is 76.6 cm³/mol. The number of amides is 2. The van der Waals surface area contributed by atoms with Crippen LogP contribution in [0.5, 0.6) is 0 Å². The first-order valence-electron chi connectivity index (χ1n) is 6.84. The molecule has 0 radical (unpaired) electrons. The molecule has 2 atom stereocenters. The molecule has 6 heteroatoms. The lowest BCUT2D eigenvalue weighted by Crippen LogP contribution is -2.45. The van der Waals surface area contributed by atoms with Crippen molar-refractivity contribution in [2.75, 3.05) is 4.90 Å². The Kier molecular flexibility index (Phi) is 4.26. The van der Waals surface area contributed by atoms with Crippen molar-refractivity contribution in [3.63, 3.8) is 0 Å². The second-order valence-electron chi connectivity index (χ2n) is 5.30. The van der Waals surface area contributed by atoms with Crippen LogP contribution in [-0.2, 0) is 20.8 Å². The molecular weight excluding hydrogens is 272 g/mol. The van der Waals surface area contributed by atoms with E-state index in [1.54, 1.807) is 19.1 Å². The van der Waals surface area contributed by atoms with Crippen LogP contribution in [0, 0.1) is 5.92 Å². The second-order valence-corrected chi connectivity index (χ2v) is 5.30. The van der Waals surface area contributed by atoms with Crippen LogP contribution in [0.4, 0.5) is 5.69 Å². The lowest BCUT2D eigenvalue weighted by atomic mass is 10.0. The number of anilines is 1. The van der Waals surface area contributed by atoms with Crippen molar-refractivity contribution in [1.29, 1.82) is 0 Å². The number of hydrogen-bond acceptors (Lipinski definition) is 3. The maximum Gasteiger partial charge on any atom is 0.327 e. The number of carbonyl (C=O) groups is 3. The van der Waals surface area contributed by atoms with Crippen molar-refractivity contribution in [2.45, 2.75) is 32.2 Å². The zero-order chi connectivity index (χ0) is 15.6. The molecule has 0 saturated heterocycles. The van der Waals surface area contributed by atoms with Crippen LogP contribution in [0.3, 0.4) is 0 Å². The molecule has 0 fully saturated rings. The average Bonchev–Trinajstić information content (AvgIpc) is 2.83. The second kappa shape index (κ2) is 5.95. The Morgan fingerprint density at radius 2 is 2.05 bits per heavy atom. The van der Waals surface area contributed by atoms with E-state index < -0.39 is 23.8 Å². The van der Waals surface area contributed by atoms with Crippen molar-refractivity contribution in [2.24, 2.45) is 11.7 Å². The van der Waals surface area contributed by atoms with Gasteiger partial charge in [-0.05, 0) is 18.1 Å². The number of para-hydroxylation sites is 1. The van der Waals surface area contributed by atoms with Crippen LogP contribution in [-0.4, -0.2) is 28.9 Å². The lowest BCUT2D eigenvalue weighted by Gasteiger charge is -2.25. The third kappa shape index (κ3) is 3.04. The maximum atomic E-state index is 12.5. The molecule has 0 saturated carbocycles. The zero-order valence-electron chi connectivity index (χ0n) is 11.8. The summed E-state index contributed by atoms with van der Waals surface area (Å²) >= 11 is 0. The summed E-state index contributed by atoms with van der Waals surface area (Å²) in [6.45, 7) is 1.69. The van der Waals surface area contributed by atoms with Gasteiger partial charge in [-0.15, -0.1) is 0 Å². The number of carboxylic acids is 1. The molecule has 2 amide bonds. The third-order valence-electron chi connectivity index (χ3n) is 3.74. The minimum Gasteiger partial charge on any atom is -0.480 e. The van der Waals surface area contributed by atoms with E-state index in [1.807, 2.05) is 12.1 Å². The third-order valence-corrected chi connectivity index (χ3v) is 3.74. The summed E-state index contributed by atoms with van der Waals surface area (Å²) < 4.78 is 0. The molecule has 1 heterocycles. The summed E-state index contributed by atoms with van der Waals surface area (Å²) in [5.41, 5.74) is 6.58. The highest BCUT2D eigenvalue weighted by atomic mass is 16.4. The molecule has 1 aliphatic rings. The van der Waals surface area contributed by atoms with E-state index in [0.29, 0.717) is 18.5 Å². The number of rotatable bonds is 5. The first-order chi connectivity index (χ1) is 9.91. The number of fused-ring (bicyclic) bond motifs is 1. The highest BCUT2D eigenvalue weighted by molar-refractivity contribution is 6.02.